The molecule has 6 heteroatoms. The van der Waals surface area contributed by atoms with E-state index >= 15 is 0 Å². The first-order valence-electron chi connectivity index (χ1n) is 10.1. The van der Waals surface area contributed by atoms with Crippen molar-refractivity contribution in [3.63, 3.8) is 0 Å². The number of carbonyl (C=O) groups excluding carboxylic acids is 2. The highest BCUT2D eigenvalue weighted by molar-refractivity contribution is 6.30. The van der Waals surface area contributed by atoms with E-state index in [0.29, 0.717) is 23.7 Å². The summed E-state index contributed by atoms with van der Waals surface area (Å²) in [5.41, 5.74) is 1.37. The second-order valence-electron chi connectivity index (χ2n) is 8.34. The number of methoxy groups -OCH3 is 1. The van der Waals surface area contributed by atoms with Crippen LogP contribution in [-0.4, -0.2) is 35.4 Å². The van der Waals surface area contributed by atoms with Gasteiger partial charge >= 0.3 is 0 Å². The molecule has 0 fully saturated rings. The number of benzene rings is 2. The molecule has 162 valence electrons. The number of amides is 2. The number of hydrogen-bond acceptors (Lipinski definition) is 3. The summed E-state index contributed by atoms with van der Waals surface area (Å²) >= 11 is 5.96. The average molecular weight is 431 g/mol. The molecule has 0 bridgehead atoms. The van der Waals surface area contributed by atoms with Crippen LogP contribution in [0.4, 0.5) is 0 Å². The molecule has 0 radical (unpaired) electrons. The van der Waals surface area contributed by atoms with E-state index < -0.39 is 6.04 Å². The Labute approximate surface area is 184 Å². The lowest BCUT2D eigenvalue weighted by Gasteiger charge is -2.33. The lowest BCUT2D eigenvalue weighted by molar-refractivity contribution is -0.141. The van der Waals surface area contributed by atoms with Crippen LogP contribution in [0.5, 0.6) is 5.75 Å². The molecule has 1 atom stereocenters. The van der Waals surface area contributed by atoms with Gasteiger partial charge in [0.05, 0.1) is 13.5 Å². The number of halogens is 1. The van der Waals surface area contributed by atoms with Crippen molar-refractivity contribution < 1.29 is 14.3 Å². The largest absolute Gasteiger partial charge is 0.497 e. The topological polar surface area (TPSA) is 58.6 Å². The quantitative estimate of drug-likeness (QED) is 0.665. The van der Waals surface area contributed by atoms with Crippen molar-refractivity contribution in [2.24, 2.45) is 0 Å². The molecule has 2 amide bonds. The zero-order valence-electron chi connectivity index (χ0n) is 18.4. The SMILES string of the molecule is CCC(C(=O)NC(C)(C)C)N(Cc1cccc(OC)c1)C(=O)Cc1ccc(Cl)cc1. The molecule has 0 aliphatic rings. The molecule has 1 N–H and O–H groups in total. The molecule has 0 heterocycles. The normalized spacial score (nSPS) is 12.2. The maximum atomic E-state index is 13.3. The molecular formula is C24H31ClN2O3. The van der Waals surface area contributed by atoms with Gasteiger partial charge < -0.3 is 15.0 Å². The summed E-state index contributed by atoms with van der Waals surface area (Å²) in [6, 6.07) is 14.2. The third-order valence-electron chi connectivity index (χ3n) is 4.64. The summed E-state index contributed by atoms with van der Waals surface area (Å²) in [5.74, 6) is 0.443. The Balaban J connectivity index is 2.32. The Morgan fingerprint density at radius 3 is 2.33 bits per heavy atom. The van der Waals surface area contributed by atoms with E-state index in [9.17, 15) is 9.59 Å². The number of nitrogens with one attached hydrogen (secondary N) is 1. The average Bonchev–Trinajstić information content (AvgIpc) is 2.68. The fourth-order valence-electron chi connectivity index (χ4n) is 3.22. The van der Waals surface area contributed by atoms with E-state index in [1.54, 1.807) is 24.1 Å². The first-order chi connectivity index (χ1) is 14.1. The monoisotopic (exact) mass is 430 g/mol. The van der Waals surface area contributed by atoms with Gasteiger partial charge in [-0.25, -0.2) is 0 Å². The third-order valence-corrected chi connectivity index (χ3v) is 4.89. The number of ether oxygens (including phenoxy) is 1. The number of nitrogens with zero attached hydrogens (tertiary/aromatic N) is 1. The summed E-state index contributed by atoms with van der Waals surface area (Å²) in [6.45, 7) is 8.03. The van der Waals surface area contributed by atoms with E-state index in [0.717, 1.165) is 11.1 Å². The predicted molar refractivity (Wildman–Crippen MR) is 121 cm³/mol. The lowest BCUT2D eigenvalue weighted by atomic mass is 10.0. The Morgan fingerprint density at radius 2 is 1.77 bits per heavy atom. The molecule has 2 rings (SSSR count). The highest BCUT2D eigenvalue weighted by Crippen LogP contribution is 2.19. The highest BCUT2D eigenvalue weighted by Gasteiger charge is 2.30. The molecule has 0 saturated heterocycles. The molecule has 30 heavy (non-hydrogen) atoms. The number of hydrogen-bond donors (Lipinski definition) is 1. The van der Waals surface area contributed by atoms with Crippen molar-refractivity contribution in [1.82, 2.24) is 10.2 Å². The third kappa shape index (κ3) is 7.06. The minimum atomic E-state index is -0.574. The van der Waals surface area contributed by atoms with E-state index in [4.69, 9.17) is 16.3 Å². The van der Waals surface area contributed by atoms with Crippen LogP contribution in [0.3, 0.4) is 0 Å². The van der Waals surface area contributed by atoms with Crippen molar-refractivity contribution in [2.75, 3.05) is 7.11 Å². The van der Waals surface area contributed by atoms with Crippen LogP contribution in [0.2, 0.25) is 5.02 Å². The molecule has 0 saturated carbocycles. The van der Waals surface area contributed by atoms with Crippen LogP contribution in [0.15, 0.2) is 48.5 Å². The highest BCUT2D eigenvalue weighted by atomic mass is 35.5. The predicted octanol–water partition coefficient (Wildman–Crippen LogP) is 4.61. The fraction of sp³-hybridized carbons (Fsp3) is 0.417. The molecule has 0 aliphatic heterocycles. The van der Waals surface area contributed by atoms with Gasteiger partial charge in [0.15, 0.2) is 0 Å². The summed E-state index contributed by atoms with van der Waals surface area (Å²) in [5, 5.41) is 3.63. The van der Waals surface area contributed by atoms with E-state index in [2.05, 4.69) is 5.32 Å². The zero-order chi connectivity index (χ0) is 22.3. The zero-order valence-corrected chi connectivity index (χ0v) is 19.1. The summed E-state index contributed by atoms with van der Waals surface area (Å²) < 4.78 is 5.31. The van der Waals surface area contributed by atoms with Gasteiger partial charge in [0, 0.05) is 17.1 Å². The van der Waals surface area contributed by atoms with E-state index in [-0.39, 0.29) is 23.8 Å². The van der Waals surface area contributed by atoms with Crippen LogP contribution in [-0.2, 0) is 22.6 Å². The van der Waals surface area contributed by atoms with Gasteiger partial charge in [-0.1, -0.05) is 42.8 Å². The molecule has 5 nitrogen and oxygen atoms in total. The standard InChI is InChI=1S/C24H31ClN2O3/c1-6-21(23(29)26-24(2,3)4)27(16-18-8-7-9-20(14-18)30-5)22(28)15-17-10-12-19(25)13-11-17/h7-14,21H,6,15-16H2,1-5H3,(H,26,29). The second kappa shape index (κ2) is 10.5. The van der Waals surface area contributed by atoms with Gasteiger partial charge in [0.2, 0.25) is 11.8 Å². The molecule has 0 aliphatic carbocycles. The Hall–Kier alpha value is -2.53. The van der Waals surface area contributed by atoms with E-state index in [1.807, 2.05) is 64.1 Å². The van der Waals surface area contributed by atoms with Crippen molar-refractivity contribution in [3.05, 3.63) is 64.7 Å². The van der Waals surface area contributed by atoms with Crippen molar-refractivity contribution in [3.8, 4) is 5.75 Å². The summed E-state index contributed by atoms with van der Waals surface area (Å²) in [7, 11) is 1.61. The van der Waals surface area contributed by atoms with Crippen LogP contribution in [0, 0.1) is 0 Å². The fourth-order valence-corrected chi connectivity index (χ4v) is 3.34. The summed E-state index contributed by atoms with van der Waals surface area (Å²) in [6.07, 6.45) is 0.707. The first-order valence-corrected chi connectivity index (χ1v) is 10.5. The molecule has 1 unspecified atom stereocenters. The van der Waals surface area contributed by atoms with Crippen molar-refractivity contribution in [1.29, 1.82) is 0 Å². The lowest BCUT2D eigenvalue weighted by Crippen LogP contribution is -2.53. The number of rotatable bonds is 8. The molecule has 2 aromatic carbocycles. The van der Waals surface area contributed by atoms with Crippen LogP contribution < -0.4 is 10.1 Å². The van der Waals surface area contributed by atoms with E-state index in [1.165, 1.54) is 0 Å². The Bertz CT molecular complexity index is 859. The van der Waals surface area contributed by atoms with Crippen molar-refractivity contribution >= 4 is 23.4 Å². The maximum Gasteiger partial charge on any atom is 0.243 e. The molecule has 0 aromatic heterocycles. The molecule has 0 spiro atoms. The van der Waals surface area contributed by atoms with Crippen LogP contribution in [0.1, 0.15) is 45.2 Å². The smallest absolute Gasteiger partial charge is 0.243 e. The van der Waals surface area contributed by atoms with Gasteiger partial charge in [-0.05, 0) is 62.6 Å². The van der Waals surface area contributed by atoms with Gasteiger partial charge in [0.1, 0.15) is 11.8 Å². The molecular weight excluding hydrogens is 400 g/mol. The van der Waals surface area contributed by atoms with Crippen LogP contribution >= 0.6 is 11.6 Å². The second-order valence-corrected chi connectivity index (χ2v) is 8.78. The molecule has 2 aromatic rings. The Morgan fingerprint density at radius 1 is 1.10 bits per heavy atom. The van der Waals surface area contributed by atoms with Gasteiger partial charge in [-0.3, -0.25) is 9.59 Å². The van der Waals surface area contributed by atoms with Gasteiger partial charge in [0.25, 0.3) is 0 Å². The summed E-state index contributed by atoms with van der Waals surface area (Å²) in [4.78, 5) is 28.0. The maximum absolute atomic E-state index is 13.3. The minimum Gasteiger partial charge on any atom is -0.497 e. The van der Waals surface area contributed by atoms with Crippen molar-refractivity contribution in [2.45, 2.75) is 58.7 Å². The Kier molecular flexibility index (Phi) is 8.30. The van der Waals surface area contributed by atoms with Crippen LogP contribution in [0.25, 0.3) is 0 Å². The first kappa shape index (κ1) is 23.7. The van der Waals surface area contributed by atoms with Gasteiger partial charge in [-0.15, -0.1) is 0 Å². The van der Waals surface area contributed by atoms with Gasteiger partial charge in [-0.2, -0.15) is 0 Å². The number of carbonyl (C=O) groups is 2. The minimum absolute atomic E-state index is 0.115.